The lowest BCUT2D eigenvalue weighted by molar-refractivity contribution is -0.127. The predicted octanol–water partition coefficient (Wildman–Crippen LogP) is 2.80. The van der Waals surface area contributed by atoms with Gasteiger partial charge in [0.2, 0.25) is 11.8 Å². The van der Waals surface area contributed by atoms with Crippen LogP contribution in [0.3, 0.4) is 0 Å². The highest BCUT2D eigenvalue weighted by molar-refractivity contribution is 6.04. The molecule has 1 aromatic heterocycles. The normalized spacial score (nSPS) is 10.3. The van der Waals surface area contributed by atoms with Crippen molar-refractivity contribution in [3.63, 3.8) is 0 Å². The van der Waals surface area contributed by atoms with Gasteiger partial charge in [0.15, 0.2) is 0 Å². The molecule has 0 atom stereocenters. The molecule has 0 aliphatic carbocycles. The lowest BCUT2D eigenvalue weighted by atomic mass is 10.1. The minimum Gasteiger partial charge on any atom is -0.467 e. The van der Waals surface area contributed by atoms with Gasteiger partial charge in [-0.2, -0.15) is 0 Å². The number of para-hydroxylation sites is 1. The molecule has 22 heavy (non-hydrogen) atoms. The Kier molecular flexibility index (Phi) is 5.36. The number of amides is 2. The molecule has 0 fully saturated rings. The minimum atomic E-state index is -0.333. The van der Waals surface area contributed by atoms with Gasteiger partial charge in [0, 0.05) is 5.69 Å². The maximum absolute atomic E-state index is 12.0. The highest BCUT2D eigenvalue weighted by Gasteiger charge is 2.12. The molecular formula is C17H20N2O3. The fourth-order valence-electron chi connectivity index (χ4n) is 2.19. The Hall–Kier alpha value is -2.56. The standard InChI is InChI=1S/C17H20N2O3/c1-3-13-7-4-6-12(2)17(13)19-16(21)10-15(20)18-11-14-8-5-9-22-14/h4-9H,3,10-11H2,1-2H3,(H,18,20)(H,19,21). The SMILES string of the molecule is CCc1cccc(C)c1NC(=O)CC(=O)NCc1ccco1. The molecule has 1 heterocycles. The molecule has 0 spiro atoms. The van der Waals surface area contributed by atoms with Crippen LogP contribution in [0, 0.1) is 6.92 Å². The van der Waals surface area contributed by atoms with Crippen molar-refractivity contribution >= 4 is 17.5 Å². The van der Waals surface area contributed by atoms with Crippen LogP contribution in [0.4, 0.5) is 5.69 Å². The Morgan fingerprint density at radius 1 is 1.14 bits per heavy atom. The number of anilines is 1. The fraction of sp³-hybridized carbons (Fsp3) is 0.294. The van der Waals surface area contributed by atoms with Crippen LogP contribution in [-0.4, -0.2) is 11.8 Å². The lowest BCUT2D eigenvalue weighted by Gasteiger charge is -2.12. The molecule has 5 heteroatoms. The number of hydrogen-bond acceptors (Lipinski definition) is 3. The topological polar surface area (TPSA) is 71.3 Å². The molecule has 2 aromatic rings. The van der Waals surface area contributed by atoms with E-state index in [1.54, 1.807) is 18.4 Å². The van der Waals surface area contributed by atoms with Gasteiger partial charge in [0.25, 0.3) is 0 Å². The average Bonchev–Trinajstić information content (AvgIpc) is 3.00. The Morgan fingerprint density at radius 2 is 1.95 bits per heavy atom. The minimum absolute atomic E-state index is 0.210. The third-order valence-corrected chi connectivity index (χ3v) is 3.37. The molecule has 2 amide bonds. The molecule has 2 rings (SSSR count). The summed E-state index contributed by atoms with van der Waals surface area (Å²) in [4.78, 5) is 23.8. The molecule has 0 saturated heterocycles. The van der Waals surface area contributed by atoms with E-state index >= 15 is 0 Å². The van der Waals surface area contributed by atoms with Crippen LogP contribution >= 0.6 is 0 Å². The predicted molar refractivity (Wildman–Crippen MR) is 84.4 cm³/mol. The number of rotatable bonds is 6. The van der Waals surface area contributed by atoms with E-state index < -0.39 is 0 Å². The monoisotopic (exact) mass is 300 g/mol. The Morgan fingerprint density at radius 3 is 2.64 bits per heavy atom. The van der Waals surface area contributed by atoms with Crippen LogP contribution in [0.2, 0.25) is 0 Å². The number of benzene rings is 1. The number of aryl methyl sites for hydroxylation is 2. The summed E-state index contributed by atoms with van der Waals surface area (Å²) in [6.45, 7) is 4.25. The first-order chi connectivity index (χ1) is 10.6. The number of carbonyl (C=O) groups is 2. The van der Waals surface area contributed by atoms with Gasteiger partial charge >= 0.3 is 0 Å². The van der Waals surface area contributed by atoms with E-state index in [1.807, 2.05) is 32.0 Å². The molecule has 0 bridgehead atoms. The van der Waals surface area contributed by atoms with Crippen molar-refractivity contribution in [3.8, 4) is 0 Å². The second-order valence-corrected chi connectivity index (χ2v) is 5.04. The number of nitrogens with one attached hydrogen (secondary N) is 2. The van der Waals surface area contributed by atoms with Gasteiger partial charge in [-0.05, 0) is 36.6 Å². The highest BCUT2D eigenvalue weighted by atomic mass is 16.3. The van der Waals surface area contributed by atoms with E-state index in [2.05, 4.69) is 10.6 Å². The summed E-state index contributed by atoms with van der Waals surface area (Å²) in [6.07, 6.45) is 2.15. The van der Waals surface area contributed by atoms with Crippen molar-refractivity contribution in [2.45, 2.75) is 33.2 Å². The first-order valence-corrected chi connectivity index (χ1v) is 7.27. The van der Waals surface area contributed by atoms with Crippen LogP contribution in [0.5, 0.6) is 0 Å². The Labute approximate surface area is 129 Å². The smallest absolute Gasteiger partial charge is 0.233 e. The zero-order valence-corrected chi connectivity index (χ0v) is 12.8. The second-order valence-electron chi connectivity index (χ2n) is 5.04. The third-order valence-electron chi connectivity index (χ3n) is 3.37. The van der Waals surface area contributed by atoms with Gasteiger partial charge in [-0.15, -0.1) is 0 Å². The van der Waals surface area contributed by atoms with Crippen molar-refractivity contribution in [1.29, 1.82) is 0 Å². The van der Waals surface area contributed by atoms with E-state index in [4.69, 9.17) is 4.42 Å². The second kappa shape index (κ2) is 7.45. The fourth-order valence-corrected chi connectivity index (χ4v) is 2.19. The molecule has 1 aromatic carbocycles. The maximum Gasteiger partial charge on any atom is 0.233 e. The van der Waals surface area contributed by atoms with Crippen LogP contribution in [0.15, 0.2) is 41.0 Å². The van der Waals surface area contributed by atoms with Crippen molar-refractivity contribution in [3.05, 3.63) is 53.5 Å². The summed E-state index contributed by atoms with van der Waals surface area (Å²) in [5, 5.41) is 5.48. The number of furan rings is 1. The zero-order chi connectivity index (χ0) is 15.9. The summed E-state index contributed by atoms with van der Waals surface area (Å²) < 4.78 is 5.12. The van der Waals surface area contributed by atoms with Gasteiger partial charge in [-0.25, -0.2) is 0 Å². The molecule has 0 aliphatic heterocycles. The summed E-state index contributed by atoms with van der Waals surface area (Å²) >= 11 is 0. The van der Waals surface area contributed by atoms with Crippen LogP contribution in [0.25, 0.3) is 0 Å². The Bertz CT molecular complexity index is 648. The number of hydrogen-bond donors (Lipinski definition) is 2. The number of carbonyl (C=O) groups excluding carboxylic acids is 2. The van der Waals surface area contributed by atoms with Crippen LogP contribution in [-0.2, 0) is 22.6 Å². The summed E-state index contributed by atoms with van der Waals surface area (Å²) in [6, 6.07) is 9.38. The molecule has 5 nitrogen and oxygen atoms in total. The van der Waals surface area contributed by atoms with Crippen LogP contribution in [0.1, 0.15) is 30.2 Å². The largest absolute Gasteiger partial charge is 0.467 e. The molecule has 116 valence electrons. The van der Waals surface area contributed by atoms with Crippen molar-refractivity contribution in [1.82, 2.24) is 5.32 Å². The molecule has 0 unspecified atom stereocenters. The van der Waals surface area contributed by atoms with Gasteiger partial charge < -0.3 is 15.1 Å². The zero-order valence-electron chi connectivity index (χ0n) is 12.8. The molecule has 0 radical (unpaired) electrons. The van der Waals surface area contributed by atoms with Crippen molar-refractivity contribution in [2.24, 2.45) is 0 Å². The molecule has 0 saturated carbocycles. The van der Waals surface area contributed by atoms with E-state index in [1.165, 1.54) is 0 Å². The summed E-state index contributed by atoms with van der Waals surface area (Å²) in [5.41, 5.74) is 2.85. The van der Waals surface area contributed by atoms with Crippen LogP contribution < -0.4 is 10.6 Å². The van der Waals surface area contributed by atoms with Gasteiger partial charge in [-0.3, -0.25) is 9.59 Å². The van der Waals surface area contributed by atoms with E-state index in [-0.39, 0.29) is 24.8 Å². The summed E-state index contributed by atoms with van der Waals surface area (Å²) in [5.74, 6) is 0.00223. The first kappa shape index (κ1) is 15.8. The molecular weight excluding hydrogens is 280 g/mol. The maximum atomic E-state index is 12.0. The molecule has 0 aliphatic rings. The van der Waals surface area contributed by atoms with Crippen molar-refractivity contribution in [2.75, 3.05) is 5.32 Å². The van der Waals surface area contributed by atoms with E-state index in [0.717, 1.165) is 23.2 Å². The van der Waals surface area contributed by atoms with Gasteiger partial charge in [0.1, 0.15) is 12.2 Å². The average molecular weight is 300 g/mol. The van der Waals surface area contributed by atoms with Gasteiger partial charge in [-0.1, -0.05) is 25.1 Å². The quantitative estimate of drug-likeness (QED) is 0.806. The first-order valence-electron chi connectivity index (χ1n) is 7.27. The van der Waals surface area contributed by atoms with E-state index in [9.17, 15) is 9.59 Å². The van der Waals surface area contributed by atoms with Crippen molar-refractivity contribution < 1.29 is 14.0 Å². The summed E-state index contributed by atoms with van der Waals surface area (Å²) in [7, 11) is 0. The lowest BCUT2D eigenvalue weighted by Crippen LogP contribution is -2.28. The highest BCUT2D eigenvalue weighted by Crippen LogP contribution is 2.21. The molecule has 2 N–H and O–H groups in total. The Balaban J connectivity index is 1.89. The third kappa shape index (κ3) is 4.22. The van der Waals surface area contributed by atoms with Gasteiger partial charge in [0.05, 0.1) is 12.8 Å². The van der Waals surface area contributed by atoms with E-state index in [0.29, 0.717) is 5.76 Å².